The molecule has 0 unspecified atom stereocenters. The van der Waals surface area contributed by atoms with E-state index in [1.807, 2.05) is 0 Å². The molecule has 0 aliphatic carbocycles. The third-order valence-corrected chi connectivity index (χ3v) is 0.598. The minimum atomic E-state index is -0.818. The summed E-state index contributed by atoms with van der Waals surface area (Å²) >= 11 is 2.95. The summed E-state index contributed by atoms with van der Waals surface area (Å²) in [7, 11) is 0. The molecule has 0 aliphatic rings. The highest BCUT2D eigenvalue weighted by Gasteiger charge is 1.88. The van der Waals surface area contributed by atoms with Gasteiger partial charge in [-0.2, -0.15) is 0 Å². The monoisotopic (exact) mass is 169 g/mol. The maximum Gasteiger partial charge on any atom is 0.294 e. The Morgan fingerprint density at radius 3 is 2.57 bits per heavy atom. The lowest BCUT2D eigenvalue weighted by Crippen LogP contribution is -2.01. The second-order valence-corrected chi connectivity index (χ2v) is 1.54. The summed E-state index contributed by atoms with van der Waals surface area (Å²) < 4.78 is 0. The lowest BCUT2D eigenvalue weighted by molar-refractivity contribution is -0.756. The van der Waals surface area contributed by atoms with Crippen LogP contribution < -0.4 is 0 Å². The number of halogens is 1. The maximum atomic E-state index is 9.32. The zero-order valence-electron chi connectivity index (χ0n) is 3.46. The fourth-order valence-corrected chi connectivity index (χ4v) is 0.254. The molecule has 0 aromatic rings. The average Bonchev–Trinajstić information content (AvgIpc) is 1.61. The summed E-state index contributed by atoms with van der Waals surface area (Å²) in [5.74, 6) is 0. The molecule has 5 heteroatoms. The van der Waals surface area contributed by atoms with Crippen LogP contribution in [0, 0.1) is 10.1 Å². The number of hydrogen-bond donors (Lipinski definition) is 0. The SMILES string of the molecule is O=[N+]([O-])OCCBr. The fraction of sp³-hybridized carbons (Fsp3) is 1.00. The molecule has 0 aliphatic heterocycles. The molecule has 0 fully saturated rings. The van der Waals surface area contributed by atoms with Crippen molar-refractivity contribution in [2.45, 2.75) is 0 Å². The van der Waals surface area contributed by atoms with Crippen LogP contribution in [0.2, 0.25) is 0 Å². The minimum Gasteiger partial charge on any atom is -0.313 e. The van der Waals surface area contributed by atoms with Crippen LogP contribution in [-0.2, 0) is 4.84 Å². The molecule has 4 nitrogen and oxygen atoms in total. The van der Waals surface area contributed by atoms with E-state index in [1.54, 1.807) is 0 Å². The Hall–Kier alpha value is -0.320. The van der Waals surface area contributed by atoms with Crippen molar-refractivity contribution in [3.05, 3.63) is 10.1 Å². The van der Waals surface area contributed by atoms with Gasteiger partial charge in [-0.3, -0.25) is 0 Å². The van der Waals surface area contributed by atoms with E-state index in [0.717, 1.165) is 0 Å². The molecule has 0 N–H and O–H groups in total. The topological polar surface area (TPSA) is 52.4 Å². The van der Waals surface area contributed by atoms with Gasteiger partial charge >= 0.3 is 0 Å². The normalized spacial score (nSPS) is 8.14. The highest BCUT2D eigenvalue weighted by Crippen LogP contribution is 1.79. The van der Waals surface area contributed by atoms with Crippen LogP contribution in [0.5, 0.6) is 0 Å². The van der Waals surface area contributed by atoms with Crippen LogP contribution in [-0.4, -0.2) is 17.0 Å². The highest BCUT2D eigenvalue weighted by atomic mass is 79.9. The van der Waals surface area contributed by atoms with Crippen molar-refractivity contribution in [1.29, 1.82) is 0 Å². The summed E-state index contributed by atoms with van der Waals surface area (Å²) in [6.45, 7) is 0.118. The van der Waals surface area contributed by atoms with Crippen LogP contribution in [0.15, 0.2) is 0 Å². The van der Waals surface area contributed by atoms with Gasteiger partial charge in [0.1, 0.15) is 6.61 Å². The summed E-state index contributed by atoms with van der Waals surface area (Å²) in [5.41, 5.74) is 0. The van der Waals surface area contributed by atoms with E-state index in [-0.39, 0.29) is 6.61 Å². The van der Waals surface area contributed by atoms with Gasteiger partial charge in [0.15, 0.2) is 0 Å². The summed E-state index contributed by atoms with van der Waals surface area (Å²) in [6.07, 6.45) is 0. The van der Waals surface area contributed by atoms with Gasteiger partial charge in [0.05, 0.1) is 0 Å². The predicted molar refractivity (Wildman–Crippen MR) is 26.7 cm³/mol. The molecule has 0 spiro atoms. The van der Waals surface area contributed by atoms with Gasteiger partial charge in [0.25, 0.3) is 5.09 Å². The second-order valence-electron chi connectivity index (χ2n) is 0.746. The van der Waals surface area contributed by atoms with E-state index in [1.165, 1.54) is 0 Å². The maximum absolute atomic E-state index is 9.32. The van der Waals surface area contributed by atoms with E-state index in [4.69, 9.17) is 0 Å². The minimum absolute atomic E-state index is 0.118. The Morgan fingerprint density at radius 1 is 1.86 bits per heavy atom. The van der Waals surface area contributed by atoms with E-state index in [9.17, 15) is 10.1 Å². The average molecular weight is 170 g/mol. The van der Waals surface area contributed by atoms with E-state index in [0.29, 0.717) is 5.33 Å². The Balaban J connectivity index is 2.82. The van der Waals surface area contributed by atoms with Gasteiger partial charge in [0.2, 0.25) is 0 Å². The van der Waals surface area contributed by atoms with Gasteiger partial charge in [-0.15, -0.1) is 10.1 Å². The molecule has 0 aromatic heterocycles. The van der Waals surface area contributed by atoms with E-state index in [2.05, 4.69) is 20.8 Å². The Labute approximate surface area is 48.7 Å². The molecule has 0 rings (SSSR count). The van der Waals surface area contributed by atoms with Crippen molar-refractivity contribution < 1.29 is 9.92 Å². The summed E-state index contributed by atoms with van der Waals surface area (Å²) in [4.78, 5) is 13.2. The fourth-order valence-electron chi connectivity index (χ4n) is 0.109. The molecule has 7 heavy (non-hydrogen) atoms. The molecule has 0 saturated heterocycles. The smallest absolute Gasteiger partial charge is 0.294 e. The van der Waals surface area contributed by atoms with E-state index >= 15 is 0 Å². The van der Waals surface area contributed by atoms with E-state index < -0.39 is 5.09 Å². The van der Waals surface area contributed by atoms with Crippen molar-refractivity contribution in [1.82, 2.24) is 0 Å². The van der Waals surface area contributed by atoms with Crippen molar-refractivity contribution in [3.8, 4) is 0 Å². The quantitative estimate of drug-likeness (QED) is 0.353. The summed E-state index contributed by atoms with van der Waals surface area (Å²) in [6, 6.07) is 0. The first kappa shape index (κ1) is 6.68. The molecular weight excluding hydrogens is 166 g/mol. The molecule has 0 radical (unpaired) electrons. The first-order valence-electron chi connectivity index (χ1n) is 1.60. The van der Waals surface area contributed by atoms with Crippen LogP contribution in [0.25, 0.3) is 0 Å². The Kier molecular flexibility index (Phi) is 3.68. The van der Waals surface area contributed by atoms with Crippen molar-refractivity contribution in [2.75, 3.05) is 11.9 Å². The first-order valence-corrected chi connectivity index (χ1v) is 2.73. The molecule has 0 saturated carbocycles. The van der Waals surface area contributed by atoms with Crippen molar-refractivity contribution in [3.63, 3.8) is 0 Å². The van der Waals surface area contributed by atoms with Gasteiger partial charge in [-0.1, -0.05) is 15.9 Å². The molecule has 0 aromatic carbocycles. The first-order chi connectivity index (χ1) is 3.27. The zero-order valence-corrected chi connectivity index (χ0v) is 5.05. The largest absolute Gasteiger partial charge is 0.313 e. The van der Waals surface area contributed by atoms with Gasteiger partial charge in [-0.05, 0) is 0 Å². The number of hydrogen-bond acceptors (Lipinski definition) is 3. The van der Waals surface area contributed by atoms with Gasteiger partial charge in [-0.25, -0.2) is 0 Å². The van der Waals surface area contributed by atoms with Gasteiger partial charge < -0.3 is 4.84 Å². The molecular formula is C2H4BrNO3. The van der Waals surface area contributed by atoms with Crippen LogP contribution >= 0.6 is 15.9 Å². The highest BCUT2D eigenvalue weighted by molar-refractivity contribution is 9.09. The van der Waals surface area contributed by atoms with Gasteiger partial charge in [0, 0.05) is 5.33 Å². The standard InChI is InChI=1S/C2H4BrNO3/c3-1-2-7-4(5)6/h1-2H2. The molecule has 0 heterocycles. The van der Waals surface area contributed by atoms with Crippen LogP contribution in [0.1, 0.15) is 0 Å². The lowest BCUT2D eigenvalue weighted by atomic mass is 10.9. The Morgan fingerprint density at radius 2 is 2.43 bits per heavy atom. The Bertz CT molecular complexity index is 66.0. The molecule has 0 bridgehead atoms. The predicted octanol–water partition coefficient (Wildman–Crippen LogP) is 0.590. The van der Waals surface area contributed by atoms with Crippen molar-refractivity contribution in [2.24, 2.45) is 0 Å². The number of rotatable bonds is 3. The third-order valence-electron chi connectivity index (χ3n) is 0.274. The van der Waals surface area contributed by atoms with Crippen molar-refractivity contribution >= 4 is 15.9 Å². The lowest BCUT2D eigenvalue weighted by Gasteiger charge is -1.88. The molecule has 0 atom stereocenters. The third kappa shape index (κ3) is 5.68. The number of nitrogens with zero attached hydrogens (tertiary/aromatic N) is 1. The molecule has 0 amide bonds. The zero-order chi connectivity index (χ0) is 5.70. The second kappa shape index (κ2) is 3.86. The van der Waals surface area contributed by atoms with Crippen LogP contribution in [0.4, 0.5) is 0 Å². The van der Waals surface area contributed by atoms with Crippen LogP contribution in [0.3, 0.4) is 0 Å². The summed E-state index contributed by atoms with van der Waals surface area (Å²) in [5, 5.41) is 9.00. The number of alkyl halides is 1. The molecule has 42 valence electrons.